The molecule has 1 atom stereocenters. The minimum absolute atomic E-state index is 0.0225. The summed E-state index contributed by atoms with van der Waals surface area (Å²) in [5.74, 6) is -0.652. The molecule has 5 nitrogen and oxygen atoms in total. The van der Waals surface area contributed by atoms with Gasteiger partial charge in [-0.1, -0.05) is 0 Å². The Kier molecular flexibility index (Phi) is 4.44. The summed E-state index contributed by atoms with van der Waals surface area (Å²) in [6.07, 6.45) is 0.691. The van der Waals surface area contributed by atoms with Crippen LogP contribution in [0.15, 0.2) is 23.1 Å². The minimum Gasteiger partial charge on any atom is -0.383 e. The summed E-state index contributed by atoms with van der Waals surface area (Å²) >= 11 is 0. The van der Waals surface area contributed by atoms with E-state index in [-0.39, 0.29) is 16.6 Å². The van der Waals surface area contributed by atoms with E-state index in [2.05, 4.69) is 5.32 Å². The molecule has 0 aromatic heterocycles. The molecule has 0 bridgehead atoms. The third-order valence-corrected chi connectivity index (χ3v) is 3.10. The van der Waals surface area contributed by atoms with Crippen molar-refractivity contribution in [3.63, 3.8) is 0 Å². The average Bonchev–Trinajstić information content (AvgIpc) is 2.18. The smallest absolute Gasteiger partial charge is 0.238 e. The van der Waals surface area contributed by atoms with E-state index in [1.54, 1.807) is 0 Å². The Labute approximate surface area is 100 Å². The van der Waals surface area contributed by atoms with Crippen molar-refractivity contribution in [3.8, 4) is 0 Å². The minimum atomic E-state index is -3.86. The molecule has 0 radical (unpaired) electrons. The highest BCUT2D eigenvalue weighted by molar-refractivity contribution is 7.89. The molecule has 0 aliphatic carbocycles. The van der Waals surface area contributed by atoms with Gasteiger partial charge in [0.2, 0.25) is 10.0 Å². The third-order valence-electron chi connectivity index (χ3n) is 2.18. The molecule has 0 spiro atoms. The van der Waals surface area contributed by atoms with Crippen LogP contribution >= 0.6 is 0 Å². The van der Waals surface area contributed by atoms with Gasteiger partial charge in [-0.25, -0.2) is 17.9 Å². The fraction of sp³-hybridized carbons (Fsp3) is 0.400. The topological polar surface area (TPSA) is 98.2 Å². The lowest BCUT2D eigenvalue weighted by molar-refractivity contribution is 0.592. The standard InChI is InChI=1S/C10H16FN3O2S/c1-7(12)4-5-14-10-3-2-8(6-9(10)11)17(13,15)16/h2-3,6-7,14H,4-5,12H2,1H3,(H2,13,15,16). The molecule has 7 heteroatoms. The SMILES string of the molecule is CC(N)CCNc1ccc(S(N)(=O)=O)cc1F. The first-order valence-corrected chi connectivity index (χ1v) is 6.67. The first kappa shape index (κ1) is 13.9. The van der Waals surface area contributed by atoms with Crippen molar-refractivity contribution in [3.05, 3.63) is 24.0 Å². The number of hydrogen-bond acceptors (Lipinski definition) is 4. The van der Waals surface area contributed by atoms with Crippen LogP contribution in [0.3, 0.4) is 0 Å². The van der Waals surface area contributed by atoms with Gasteiger partial charge in [0, 0.05) is 12.6 Å². The number of primary sulfonamides is 1. The van der Waals surface area contributed by atoms with Crippen molar-refractivity contribution < 1.29 is 12.8 Å². The van der Waals surface area contributed by atoms with Crippen molar-refractivity contribution in [2.45, 2.75) is 24.3 Å². The number of nitrogens with two attached hydrogens (primary N) is 2. The van der Waals surface area contributed by atoms with Crippen LogP contribution in [0.25, 0.3) is 0 Å². The molecular formula is C10H16FN3O2S. The molecule has 0 saturated heterocycles. The van der Waals surface area contributed by atoms with Gasteiger partial charge in [-0.2, -0.15) is 0 Å². The second-order valence-corrected chi connectivity index (χ2v) is 5.44. The zero-order valence-electron chi connectivity index (χ0n) is 9.48. The first-order chi connectivity index (χ1) is 7.80. The third kappa shape index (κ3) is 4.29. The van der Waals surface area contributed by atoms with E-state index in [4.69, 9.17) is 10.9 Å². The maximum Gasteiger partial charge on any atom is 0.238 e. The van der Waals surface area contributed by atoms with Crippen molar-refractivity contribution in [2.75, 3.05) is 11.9 Å². The molecular weight excluding hydrogens is 245 g/mol. The maximum absolute atomic E-state index is 13.5. The monoisotopic (exact) mass is 261 g/mol. The highest BCUT2D eigenvalue weighted by atomic mass is 32.2. The van der Waals surface area contributed by atoms with Crippen molar-refractivity contribution >= 4 is 15.7 Å². The lowest BCUT2D eigenvalue weighted by Crippen LogP contribution is -2.19. The maximum atomic E-state index is 13.5. The molecule has 0 aliphatic heterocycles. The molecule has 0 saturated carbocycles. The highest BCUT2D eigenvalue weighted by Crippen LogP contribution is 2.18. The lowest BCUT2D eigenvalue weighted by Gasteiger charge is -2.10. The van der Waals surface area contributed by atoms with Crippen LogP contribution < -0.4 is 16.2 Å². The van der Waals surface area contributed by atoms with E-state index in [0.29, 0.717) is 13.0 Å². The summed E-state index contributed by atoms with van der Waals surface area (Å²) < 4.78 is 35.4. The Balaban J connectivity index is 2.77. The van der Waals surface area contributed by atoms with Crippen LogP contribution in [0.1, 0.15) is 13.3 Å². The molecule has 0 fully saturated rings. The molecule has 1 aromatic carbocycles. The molecule has 0 aliphatic rings. The number of benzene rings is 1. The molecule has 1 rings (SSSR count). The Morgan fingerprint density at radius 3 is 2.59 bits per heavy atom. The fourth-order valence-electron chi connectivity index (χ4n) is 1.25. The largest absolute Gasteiger partial charge is 0.383 e. The molecule has 96 valence electrons. The Hall–Kier alpha value is -1.18. The summed E-state index contributed by atoms with van der Waals surface area (Å²) in [5.41, 5.74) is 5.78. The van der Waals surface area contributed by atoms with E-state index in [1.165, 1.54) is 12.1 Å². The Morgan fingerprint density at radius 1 is 1.47 bits per heavy atom. The lowest BCUT2D eigenvalue weighted by atomic mass is 10.2. The van der Waals surface area contributed by atoms with E-state index >= 15 is 0 Å². The van der Waals surface area contributed by atoms with Crippen LogP contribution in [0.4, 0.5) is 10.1 Å². The quantitative estimate of drug-likeness (QED) is 0.723. The molecule has 0 amide bonds. The number of nitrogens with one attached hydrogen (secondary N) is 1. The molecule has 0 heterocycles. The zero-order chi connectivity index (χ0) is 13.1. The van der Waals surface area contributed by atoms with Gasteiger partial charge in [0.25, 0.3) is 0 Å². The molecule has 5 N–H and O–H groups in total. The van der Waals surface area contributed by atoms with Crippen LogP contribution in [0.2, 0.25) is 0 Å². The second-order valence-electron chi connectivity index (χ2n) is 3.88. The summed E-state index contributed by atoms with van der Waals surface area (Å²) in [6, 6.07) is 3.51. The van der Waals surface area contributed by atoms with E-state index in [9.17, 15) is 12.8 Å². The summed E-state index contributed by atoms with van der Waals surface area (Å²) in [4.78, 5) is -0.243. The fourth-order valence-corrected chi connectivity index (χ4v) is 1.78. The second kappa shape index (κ2) is 5.44. The van der Waals surface area contributed by atoms with Crippen LogP contribution in [-0.2, 0) is 10.0 Å². The van der Waals surface area contributed by atoms with Gasteiger partial charge in [-0.05, 0) is 31.5 Å². The van der Waals surface area contributed by atoms with Gasteiger partial charge >= 0.3 is 0 Å². The van der Waals surface area contributed by atoms with E-state index < -0.39 is 15.8 Å². The van der Waals surface area contributed by atoms with Crippen LogP contribution in [0, 0.1) is 5.82 Å². The predicted octanol–water partition coefficient (Wildman–Crippen LogP) is 0.622. The molecule has 17 heavy (non-hydrogen) atoms. The molecule has 1 unspecified atom stereocenters. The Bertz CT molecular complexity index is 488. The first-order valence-electron chi connectivity index (χ1n) is 5.12. The van der Waals surface area contributed by atoms with Crippen LogP contribution in [-0.4, -0.2) is 21.0 Å². The number of hydrogen-bond donors (Lipinski definition) is 3. The van der Waals surface area contributed by atoms with Crippen LogP contribution in [0.5, 0.6) is 0 Å². The number of rotatable bonds is 5. The summed E-state index contributed by atoms with van der Waals surface area (Å²) in [6.45, 7) is 2.37. The van der Waals surface area contributed by atoms with Gasteiger partial charge < -0.3 is 11.1 Å². The summed E-state index contributed by atoms with van der Waals surface area (Å²) in [5, 5.41) is 7.72. The van der Waals surface area contributed by atoms with Crippen molar-refractivity contribution in [1.82, 2.24) is 0 Å². The van der Waals surface area contributed by atoms with E-state index in [0.717, 1.165) is 6.07 Å². The van der Waals surface area contributed by atoms with Gasteiger partial charge in [-0.3, -0.25) is 0 Å². The number of sulfonamides is 1. The normalized spacial score (nSPS) is 13.4. The number of halogens is 1. The van der Waals surface area contributed by atoms with E-state index in [1.807, 2.05) is 6.92 Å². The summed E-state index contributed by atoms with van der Waals surface area (Å²) in [7, 11) is -3.86. The van der Waals surface area contributed by atoms with Gasteiger partial charge in [0.1, 0.15) is 5.82 Å². The zero-order valence-corrected chi connectivity index (χ0v) is 10.3. The van der Waals surface area contributed by atoms with Crippen molar-refractivity contribution in [2.24, 2.45) is 10.9 Å². The average molecular weight is 261 g/mol. The number of anilines is 1. The van der Waals surface area contributed by atoms with Gasteiger partial charge in [0.05, 0.1) is 10.6 Å². The highest BCUT2D eigenvalue weighted by Gasteiger charge is 2.11. The molecule has 1 aromatic rings. The Morgan fingerprint density at radius 2 is 2.12 bits per heavy atom. The van der Waals surface area contributed by atoms with Gasteiger partial charge in [-0.15, -0.1) is 0 Å². The van der Waals surface area contributed by atoms with Gasteiger partial charge in [0.15, 0.2) is 0 Å². The van der Waals surface area contributed by atoms with Crippen molar-refractivity contribution in [1.29, 1.82) is 0 Å². The predicted molar refractivity (Wildman–Crippen MR) is 64.5 cm³/mol.